The molecule has 1 aromatic rings. The van der Waals surface area contributed by atoms with E-state index in [0.29, 0.717) is 151 Å². The molecule has 0 radical (unpaired) electrons. The summed E-state index contributed by atoms with van der Waals surface area (Å²) in [5.41, 5.74) is 0.524. The van der Waals surface area contributed by atoms with Crippen LogP contribution in [0.3, 0.4) is 0 Å². The van der Waals surface area contributed by atoms with E-state index in [2.05, 4.69) is 5.92 Å². The van der Waals surface area contributed by atoms with Crippen LogP contribution in [0.5, 0.6) is 0 Å². The minimum Gasteiger partial charge on any atom is -0.460 e. The lowest BCUT2D eigenvalue weighted by Crippen LogP contribution is -2.15. The number of terminal acetylenes is 1. The molecule has 0 saturated heterocycles. The topological polar surface area (TPSA) is 128 Å². The largest absolute Gasteiger partial charge is 0.460 e. The lowest BCUT2D eigenvalue weighted by Gasteiger charge is -2.09. The van der Waals surface area contributed by atoms with Gasteiger partial charge in [0.25, 0.3) is 0 Å². The molecule has 0 unspecified atom stereocenters. The first kappa shape index (κ1) is 40.8. The fourth-order valence-corrected chi connectivity index (χ4v) is 3.18. The molecule has 0 saturated carbocycles. The number of benzene rings is 1. The average Bonchev–Trinajstić information content (AvgIpc) is 3.06. The highest BCUT2D eigenvalue weighted by atomic mass is 16.6. The molecule has 13 heteroatoms. The fourth-order valence-electron chi connectivity index (χ4n) is 3.18. The SMILES string of the molecule is C#CCOCCOCCOCCOCCOCCOCCOCCOCCOCCOCCOCCOC(=O)c1ccccc1. The molecular formula is C32H52O13. The minimum absolute atomic E-state index is 0.200. The zero-order valence-corrected chi connectivity index (χ0v) is 26.5. The van der Waals surface area contributed by atoms with Crippen LogP contribution < -0.4 is 0 Å². The van der Waals surface area contributed by atoms with Gasteiger partial charge in [0.05, 0.1) is 144 Å². The maximum atomic E-state index is 11.8. The van der Waals surface area contributed by atoms with Crippen LogP contribution in [0, 0.1) is 12.3 Å². The number of rotatable bonds is 35. The Bertz CT molecular complexity index is 791. The van der Waals surface area contributed by atoms with E-state index in [4.69, 9.17) is 63.3 Å². The van der Waals surface area contributed by atoms with E-state index < -0.39 is 0 Å². The Morgan fingerprint density at radius 2 is 0.689 bits per heavy atom. The molecule has 0 fully saturated rings. The quantitative estimate of drug-likeness (QED) is 0.0604. The summed E-state index contributed by atoms with van der Waals surface area (Å²) in [6.45, 7) is 10.6. The van der Waals surface area contributed by atoms with Gasteiger partial charge in [-0.05, 0) is 12.1 Å². The molecule has 45 heavy (non-hydrogen) atoms. The van der Waals surface area contributed by atoms with Gasteiger partial charge in [-0.15, -0.1) is 6.42 Å². The second-order valence-corrected chi connectivity index (χ2v) is 8.88. The summed E-state index contributed by atoms with van der Waals surface area (Å²) in [5.74, 6) is 2.04. The molecule has 1 aromatic carbocycles. The molecule has 0 spiro atoms. The summed E-state index contributed by atoms with van der Waals surface area (Å²) in [6.07, 6.45) is 5.08. The minimum atomic E-state index is -0.358. The molecule has 13 nitrogen and oxygen atoms in total. The Hall–Kier alpha value is -2.19. The highest BCUT2D eigenvalue weighted by Crippen LogP contribution is 2.00. The van der Waals surface area contributed by atoms with Gasteiger partial charge in [0.1, 0.15) is 13.2 Å². The van der Waals surface area contributed by atoms with Crippen LogP contribution in [0.4, 0.5) is 0 Å². The van der Waals surface area contributed by atoms with Gasteiger partial charge in [-0.2, -0.15) is 0 Å². The first-order valence-corrected chi connectivity index (χ1v) is 15.4. The highest BCUT2D eigenvalue weighted by molar-refractivity contribution is 5.89. The van der Waals surface area contributed by atoms with E-state index >= 15 is 0 Å². The van der Waals surface area contributed by atoms with Gasteiger partial charge < -0.3 is 56.8 Å². The number of carbonyl (C=O) groups is 1. The van der Waals surface area contributed by atoms with Crippen molar-refractivity contribution in [3.05, 3.63) is 35.9 Å². The summed E-state index contributed by atoms with van der Waals surface area (Å²) < 4.78 is 64.5. The maximum Gasteiger partial charge on any atom is 0.338 e. The van der Waals surface area contributed by atoms with Crippen LogP contribution in [0.15, 0.2) is 30.3 Å². The third-order valence-electron chi connectivity index (χ3n) is 5.38. The summed E-state index contributed by atoms with van der Waals surface area (Å²) in [7, 11) is 0. The van der Waals surface area contributed by atoms with E-state index in [1.165, 1.54) is 0 Å². The highest BCUT2D eigenvalue weighted by Gasteiger charge is 2.05. The lowest BCUT2D eigenvalue weighted by molar-refractivity contribution is -0.0278. The van der Waals surface area contributed by atoms with Crippen molar-refractivity contribution in [1.82, 2.24) is 0 Å². The van der Waals surface area contributed by atoms with Gasteiger partial charge in [0, 0.05) is 0 Å². The molecule has 0 amide bonds. The number of esters is 1. The summed E-state index contributed by atoms with van der Waals surface area (Å²) >= 11 is 0. The summed E-state index contributed by atoms with van der Waals surface area (Å²) in [6, 6.07) is 8.84. The molecule has 0 aromatic heterocycles. The van der Waals surface area contributed by atoms with Gasteiger partial charge in [-0.25, -0.2) is 4.79 Å². The Morgan fingerprint density at radius 1 is 0.422 bits per heavy atom. The molecule has 258 valence electrons. The van der Waals surface area contributed by atoms with Crippen LogP contribution in [-0.4, -0.2) is 158 Å². The van der Waals surface area contributed by atoms with Gasteiger partial charge >= 0.3 is 5.97 Å². The number of ether oxygens (including phenoxy) is 12. The van der Waals surface area contributed by atoms with Crippen LogP contribution in [0.25, 0.3) is 0 Å². The van der Waals surface area contributed by atoms with Crippen molar-refractivity contribution in [3.63, 3.8) is 0 Å². The molecule has 1 rings (SSSR count). The van der Waals surface area contributed by atoms with Crippen molar-refractivity contribution >= 4 is 5.97 Å². The van der Waals surface area contributed by atoms with Gasteiger partial charge in [0.15, 0.2) is 0 Å². The maximum absolute atomic E-state index is 11.8. The third-order valence-corrected chi connectivity index (χ3v) is 5.38. The smallest absolute Gasteiger partial charge is 0.338 e. The Kier molecular flexibility index (Phi) is 31.5. The third kappa shape index (κ3) is 30.2. The molecule has 0 N–H and O–H groups in total. The average molecular weight is 645 g/mol. The number of hydrogen-bond acceptors (Lipinski definition) is 13. The monoisotopic (exact) mass is 644 g/mol. The molecule has 0 atom stereocenters. The summed E-state index contributed by atoms with van der Waals surface area (Å²) in [4.78, 5) is 11.8. The second kappa shape index (κ2) is 34.7. The van der Waals surface area contributed by atoms with Crippen LogP contribution in [0.2, 0.25) is 0 Å². The Labute approximate surface area is 267 Å². The van der Waals surface area contributed by atoms with Crippen LogP contribution in [-0.2, 0) is 56.8 Å². The molecule has 0 bridgehead atoms. The predicted octanol–water partition coefficient (Wildman–Crippen LogP) is 1.66. The van der Waals surface area contributed by atoms with Crippen molar-refractivity contribution in [2.45, 2.75) is 0 Å². The van der Waals surface area contributed by atoms with Crippen molar-refractivity contribution in [2.24, 2.45) is 0 Å². The van der Waals surface area contributed by atoms with Crippen molar-refractivity contribution in [1.29, 1.82) is 0 Å². The van der Waals surface area contributed by atoms with Crippen LogP contribution in [0.1, 0.15) is 10.4 Å². The normalized spacial score (nSPS) is 11.1. The van der Waals surface area contributed by atoms with Crippen LogP contribution >= 0.6 is 0 Å². The van der Waals surface area contributed by atoms with E-state index in [9.17, 15) is 4.79 Å². The number of carbonyl (C=O) groups excluding carboxylic acids is 1. The molecule has 0 aliphatic heterocycles. The predicted molar refractivity (Wildman–Crippen MR) is 165 cm³/mol. The molecular weight excluding hydrogens is 592 g/mol. The first-order valence-electron chi connectivity index (χ1n) is 15.4. The van der Waals surface area contributed by atoms with Gasteiger partial charge in [0.2, 0.25) is 0 Å². The summed E-state index contributed by atoms with van der Waals surface area (Å²) in [5, 5.41) is 0. The molecule has 0 aliphatic rings. The van der Waals surface area contributed by atoms with Gasteiger partial charge in [-0.1, -0.05) is 24.1 Å². The zero-order chi connectivity index (χ0) is 32.1. The van der Waals surface area contributed by atoms with Crippen molar-refractivity contribution in [2.75, 3.05) is 152 Å². The van der Waals surface area contributed by atoms with E-state index in [-0.39, 0.29) is 12.6 Å². The van der Waals surface area contributed by atoms with Crippen molar-refractivity contribution in [3.8, 4) is 12.3 Å². The molecule has 0 aliphatic carbocycles. The number of hydrogen-bond donors (Lipinski definition) is 0. The Morgan fingerprint density at radius 3 is 0.978 bits per heavy atom. The van der Waals surface area contributed by atoms with E-state index in [0.717, 1.165) is 0 Å². The lowest BCUT2D eigenvalue weighted by atomic mass is 10.2. The Balaban J connectivity index is 1.63. The fraction of sp³-hybridized carbons (Fsp3) is 0.719. The van der Waals surface area contributed by atoms with Gasteiger partial charge in [-0.3, -0.25) is 0 Å². The first-order chi connectivity index (χ1) is 22.3. The van der Waals surface area contributed by atoms with E-state index in [1.807, 2.05) is 6.07 Å². The molecule has 0 heterocycles. The van der Waals surface area contributed by atoms with Crippen molar-refractivity contribution < 1.29 is 61.6 Å². The zero-order valence-electron chi connectivity index (χ0n) is 26.5. The standard InChI is InChI=1S/C32H52O13/c1-2-8-34-9-10-35-11-12-36-13-14-37-15-16-38-17-18-39-19-20-40-21-22-41-23-24-42-25-26-43-27-28-44-29-30-45-32(33)31-6-4-3-5-7-31/h1,3-7H,8-30H2. The van der Waals surface area contributed by atoms with E-state index in [1.54, 1.807) is 24.3 Å². The second-order valence-electron chi connectivity index (χ2n) is 8.88.